The smallest absolute Gasteiger partial charge is 0.857 e. The van der Waals surface area contributed by atoms with Crippen LogP contribution in [0, 0.1) is 32.6 Å². The predicted octanol–water partition coefficient (Wildman–Crippen LogP) is 13.8. The fourth-order valence-electron chi connectivity index (χ4n) is 12.9. The van der Waals surface area contributed by atoms with Gasteiger partial charge in [0.25, 0.3) is 0 Å². The summed E-state index contributed by atoms with van der Waals surface area (Å²) in [7, 11) is -6.35. The molecule has 0 bridgehead atoms. The van der Waals surface area contributed by atoms with Gasteiger partial charge in [-0.15, -0.1) is 34.0 Å². The van der Waals surface area contributed by atoms with Gasteiger partial charge >= 0.3 is 69.1 Å². The molecule has 33 heteroatoms. The van der Waals surface area contributed by atoms with E-state index >= 15 is 0 Å². The summed E-state index contributed by atoms with van der Waals surface area (Å²) in [5, 5.41) is 54.6. The Hall–Kier alpha value is -5.37. The molecule has 5 N–H and O–H groups in total. The number of halogens is 6. The normalized spacial score (nSPS) is 22.6. The van der Waals surface area contributed by atoms with Gasteiger partial charge in [-0.3, -0.25) is 19.2 Å². The number of alkyl halides is 3. The number of hydrogen-bond acceptors (Lipinski definition) is 24. The molecule has 3 aliphatic heterocycles. The number of ether oxygens (including phenoxy) is 8. The number of benzene rings is 5. The number of esters is 4. The van der Waals surface area contributed by atoms with E-state index in [1.54, 1.807) is 11.3 Å². The molecule has 6 heterocycles. The summed E-state index contributed by atoms with van der Waals surface area (Å²) >= 11 is 24.1. The SMILES string of the molecule is CC(=O)OC(C)=O.CC[C@H]1O[C@@H](c2cc(Cc3ccc(C)cc3)c(Cl)s2)[C@H](OC(C)=O)[C@@H](OC(C)=O)[C@@H]1C.CC[C@H]1O[C@@H](c2cc(Cc3ccc(C)cc3)c(Cl)s2)[C@H](OCc2ccccc2)[C@@H](OCc2ccccc2)[C@@H]1C.CO.C[O-].C[Si](C)(C)OS(=O)(=O)C(F)(F)F.Cc1ccc(Cc2cc([C@@H]3O[C@H](CO)[C@@H](O)[C@H](O)[C@H]3O)sc2Cl)cc1.[Na+]. The Morgan fingerprint density at radius 3 is 1.13 bits per heavy atom. The van der Waals surface area contributed by atoms with Crippen molar-refractivity contribution >= 4 is 111 Å². The van der Waals surface area contributed by atoms with Gasteiger partial charge in [-0.25, -0.2) is 0 Å². The van der Waals surface area contributed by atoms with Crippen LogP contribution in [0.3, 0.4) is 0 Å². The van der Waals surface area contributed by atoms with E-state index in [0.717, 1.165) is 86.5 Å². The largest absolute Gasteiger partial charge is 1.00 e. The van der Waals surface area contributed by atoms with Crippen molar-refractivity contribution in [1.29, 1.82) is 0 Å². The minimum Gasteiger partial charge on any atom is -0.857 e. The van der Waals surface area contributed by atoms with Crippen LogP contribution >= 0.6 is 68.8 Å². The number of aliphatic hydroxyl groups is 5. The van der Waals surface area contributed by atoms with Crippen molar-refractivity contribution in [2.24, 2.45) is 11.8 Å². The zero-order chi connectivity index (χ0) is 88.1. The molecule has 0 aliphatic carbocycles. The van der Waals surface area contributed by atoms with Crippen molar-refractivity contribution in [2.45, 2.75) is 226 Å². The number of carbonyl (C=O) groups is 4. The minimum atomic E-state index is -5.39. The molecule has 0 unspecified atom stereocenters. The third-order valence-corrected chi connectivity index (χ3v) is 26.6. The Bertz CT molecular complexity index is 4470. The number of rotatable bonds is 22. The standard InChI is InChI=1S/C34H37ClO3S.C24H29ClO5S.C18H21ClO5S.C4H9F3O3SSi.C4H6O3.CH4O.CH3O.Na/c1-4-29-24(3)31(36-21-26-11-7-5-8-12-26)33(37-22-27-13-9-6-10-14-27)32(38-29)30-20-28(34(35)39-30)19-25-17-15-23(2)16-18-25;1-6-19-14(3)21(28-15(4)26)23(29-16(5)27)22(30-19)20-12-18(24(25)31-20)11-17-9-7-13(2)8-10-17;1-9-2-4-10(5-3-9)6-11-7-13(25-18(11)19)17-16(23)15(22)14(21)12(8-20)24-17;1-12(2,3)10-11(8,9)4(5,6)7;1-3(5)7-4(2)6;2*1-2;/h5-18,20,24,29,31-33H,4,19,21-22H2,1-3H3;7-10,12,14,19,21-23H,6,11H2,1-5H3;2-5,7,12,14-17,20-23H,6,8H2,1H3;1-3H3;1-2H3;2H,1H3;1H3;/q;;;;;;-1;+1/t24-,29-,31+,32+,33-;14-,19-,21+,22+,23-;12-,14-,15+,16-,17+;;;;;/m111...../s1. The van der Waals surface area contributed by atoms with Crippen LogP contribution in [0.2, 0.25) is 32.7 Å². The number of aliphatic hydroxyl groups excluding tert-OH is 5. The molecule has 21 nitrogen and oxygen atoms in total. The maximum absolute atomic E-state index is 11.9. The Morgan fingerprint density at radius 2 is 0.815 bits per heavy atom. The molecular formula is C86H109Cl3F3NaO21S4Si. The average molecular weight is 1820 g/mol. The molecule has 0 radical (unpaired) electrons. The van der Waals surface area contributed by atoms with Crippen LogP contribution < -0.4 is 34.7 Å². The van der Waals surface area contributed by atoms with Gasteiger partial charge in [0.2, 0.25) is 8.32 Å². The first-order chi connectivity index (χ1) is 55.7. The average Bonchev–Trinajstić information content (AvgIpc) is 1.75. The molecule has 3 fully saturated rings. The fraction of sp³-hybridized carbons (Fsp3) is 0.465. The summed E-state index contributed by atoms with van der Waals surface area (Å²) < 4.78 is 109. The molecular weight excluding hydrogens is 1710 g/mol. The zero-order valence-electron chi connectivity index (χ0n) is 69.9. The zero-order valence-corrected chi connectivity index (χ0v) is 78.5. The molecule has 650 valence electrons. The van der Waals surface area contributed by atoms with E-state index in [2.05, 4.69) is 127 Å². The maximum Gasteiger partial charge on any atom is 1.00 e. The van der Waals surface area contributed by atoms with Gasteiger partial charge in [0.15, 0.2) is 6.10 Å². The summed E-state index contributed by atoms with van der Waals surface area (Å²) in [6.07, 6.45) is -4.63. The van der Waals surface area contributed by atoms with Gasteiger partial charge in [0.05, 0.1) is 51.1 Å². The van der Waals surface area contributed by atoms with Crippen LogP contribution in [0.15, 0.2) is 152 Å². The van der Waals surface area contributed by atoms with E-state index < -0.39 is 103 Å². The minimum absolute atomic E-state index is 0. The number of carbonyl (C=O) groups excluding carboxylic acids is 4. The summed E-state index contributed by atoms with van der Waals surface area (Å²) in [4.78, 5) is 45.9. The topological polar surface area (TPSA) is 310 Å². The Morgan fingerprint density at radius 1 is 0.487 bits per heavy atom. The van der Waals surface area contributed by atoms with Crippen LogP contribution in [0.1, 0.15) is 162 Å². The Kier molecular flexibility index (Phi) is 45.6. The molecule has 0 amide bonds. The van der Waals surface area contributed by atoms with Gasteiger partial charge in [-0.2, -0.15) is 28.7 Å². The van der Waals surface area contributed by atoms with Crippen LogP contribution in [0.4, 0.5) is 13.2 Å². The Labute approximate surface area is 746 Å². The monoisotopic (exact) mass is 1820 g/mol. The van der Waals surface area contributed by atoms with E-state index in [0.29, 0.717) is 39.6 Å². The molecule has 0 saturated carbocycles. The molecule has 15 atom stereocenters. The quantitative estimate of drug-likeness (QED) is 0.0138. The van der Waals surface area contributed by atoms with Gasteiger partial charge in [0.1, 0.15) is 54.9 Å². The third kappa shape index (κ3) is 33.2. The second kappa shape index (κ2) is 51.2. The van der Waals surface area contributed by atoms with Crippen molar-refractivity contribution in [3.05, 3.63) is 240 Å². The molecule has 0 spiro atoms. The van der Waals surface area contributed by atoms with Crippen molar-refractivity contribution in [2.75, 3.05) is 20.8 Å². The molecule has 5 aromatic carbocycles. The third-order valence-electron chi connectivity index (χ3n) is 18.6. The summed E-state index contributed by atoms with van der Waals surface area (Å²) in [5.74, 6) is -1.91. The first kappa shape index (κ1) is 106. The summed E-state index contributed by atoms with van der Waals surface area (Å²) in [6.45, 7) is 24.3. The Balaban J connectivity index is 0.000000335. The molecule has 11 rings (SSSR count). The fourth-order valence-corrected chi connectivity index (χ4v) is 20.1. The van der Waals surface area contributed by atoms with Gasteiger partial charge in [-0.05, 0) is 135 Å². The molecule has 3 saturated heterocycles. The molecule has 8 aromatic rings. The van der Waals surface area contributed by atoms with E-state index in [4.69, 9.17) is 78.2 Å². The van der Waals surface area contributed by atoms with Gasteiger partial charge in [-0.1, -0.05) is 213 Å². The van der Waals surface area contributed by atoms with E-state index in [1.165, 1.54) is 92.3 Å². The predicted molar refractivity (Wildman–Crippen MR) is 454 cm³/mol. The second-order valence-electron chi connectivity index (χ2n) is 29.2. The van der Waals surface area contributed by atoms with Crippen LogP contribution in [0.25, 0.3) is 0 Å². The van der Waals surface area contributed by atoms with Crippen molar-refractivity contribution in [3.8, 4) is 0 Å². The summed E-state index contributed by atoms with van der Waals surface area (Å²) in [5.41, 5.74) is 7.17. The van der Waals surface area contributed by atoms with Crippen molar-refractivity contribution in [3.63, 3.8) is 0 Å². The van der Waals surface area contributed by atoms with Crippen LogP contribution in [-0.4, -0.2) is 154 Å². The van der Waals surface area contributed by atoms with Crippen molar-refractivity contribution < 1.29 is 143 Å². The van der Waals surface area contributed by atoms with Crippen molar-refractivity contribution in [1.82, 2.24) is 0 Å². The number of aryl methyl sites for hydroxylation is 3. The van der Waals surface area contributed by atoms with Crippen LogP contribution in [0.5, 0.6) is 0 Å². The second-order valence-corrected chi connectivity index (χ2v) is 40.5. The van der Waals surface area contributed by atoms with Crippen LogP contribution in [-0.2, 0) is 104 Å². The number of hydrogen-bond donors (Lipinski definition) is 5. The van der Waals surface area contributed by atoms with E-state index in [1.807, 2.05) is 81.4 Å². The first-order valence-corrected chi connectivity index (χ1v) is 46.4. The number of thiophene rings is 3. The van der Waals surface area contributed by atoms with Gasteiger partial charge < -0.3 is 72.4 Å². The summed E-state index contributed by atoms with van der Waals surface area (Å²) in [6, 6.07) is 51.9. The van der Waals surface area contributed by atoms with Gasteiger partial charge in [0, 0.05) is 61.3 Å². The maximum atomic E-state index is 11.9. The molecule has 119 heavy (non-hydrogen) atoms. The molecule has 3 aliphatic rings. The van der Waals surface area contributed by atoms with E-state index in [9.17, 15) is 61.2 Å². The van der Waals surface area contributed by atoms with E-state index in [-0.39, 0.29) is 71.9 Å². The first-order valence-electron chi connectivity index (χ1n) is 38.0. The molecule has 3 aromatic heterocycles.